The summed E-state index contributed by atoms with van der Waals surface area (Å²) >= 11 is 6.77. The fourth-order valence-corrected chi connectivity index (χ4v) is 6.07. The Morgan fingerprint density at radius 2 is 1.80 bits per heavy atom. The van der Waals surface area contributed by atoms with Gasteiger partial charge in [-0.3, -0.25) is 4.79 Å². The van der Waals surface area contributed by atoms with Gasteiger partial charge in [-0.05, 0) is 79.5 Å². The third-order valence-electron chi connectivity index (χ3n) is 8.02. The molecule has 7 heteroatoms. The molecule has 1 unspecified atom stereocenters. The second kappa shape index (κ2) is 13.6. The molecule has 1 aliphatic carbocycles. The van der Waals surface area contributed by atoms with Crippen LogP contribution in [0.5, 0.6) is 17.2 Å². The standard InChI is InChI=1S/C34H41ClN2O4/c1-4-6-17-40-30-12-8-9-25(22(30)3)26-10-7-11-28-27(26)14-15-31(28)41-33-19-32(39-5-2)23(18-29(33)35)20-36-21-24-13-16-34(38)37-24/h7-12,18-19,24,31,36H,4-6,13-17,20-21H2,1-3H3,(H,37,38)/t24?,31-/m0/s1. The summed E-state index contributed by atoms with van der Waals surface area (Å²) < 4.78 is 18.7. The SMILES string of the molecule is CCCCOc1cccc(-c2cccc3c2CC[C@@H]3Oc2cc(OCC)c(CNCC3CCC(=O)N3)cc2Cl)c1C. The molecule has 0 bridgehead atoms. The molecule has 0 saturated carbocycles. The zero-order valence-electron chi connectivity index (χ0n) is 24.4. The molecule has 1 aliphatic heterocycles. The number of ether oxygens (including phenoxy) is 3. The van der Waals surface area contributed by atoms with Crippen LogP contribution in [0.15, 0.2) is 48.5 Å². The molecule has 2 atom stereocenters. The molecule has 2 N–H and O–H groups in total. The molecular formula is C34H41ClN2O4. The fourth-order valence-electron chi connectivity index (χ4n) is 5.84. The molecule has 0 radical (unpaired) electrons. The van der Waals surface area contributed by atoms with Crippen LogP contribution in [0, 0.1) is 6.92 Å². The second-order valence-electron chi connectivity index (χ2n) is 10.9. The Morgan fingerprint density at radius 3 is 2.59 bits per heavy atom. The maximum absolute atomic E-state index is 11.5. The van der Waals surface area contributed by atoms with Crippen LogP contribution >= 0.6 is 11.6 Å². The van der Waals surface area contributed by atoms with Crippen LogP contribution in [0.25, 0.3) is 11.1 Å². The molecule has 6 nitrogen and oxygen atoms in total. The van der Waals surface area contributed by atoms with Crippen molar-refractivity contribution < 1.29 is 19.0 Å². The normalized spacial score (nSPS) is 17.8. The highest BCUT2D eigenvalue weighted by Crippen LogP contribution is 2.44. The molecule has 3 aromatic carbocycles. The number of hydrogen-bond acceptors (Lipinski definition) is 5. The Labute approximate surface area is 248 Å². The lowest BCUT2D eigenvalue weighted by atomic mass is 9.93. The van der Waals surface area contributed by atoms with Gasteiger partial charge in [-0.15, -0.1) is 0 Å². The van der Waals surface area contributed by atoms with E-state index in [-0.39, 0.29) is 18.1 Å². The first-order valence-corrected chi connectivity index (χ1v) is 15.3. The third kappa shape index (κ3) is 6.82. The number of carbonyl (C=O) groups is 1. The minimum absolute atomic E-state index is 0.0869. The summed E-state index contributed by atoms with van der Waals surface area (Å²) in [6, 6.07) is 16.9. The van der Waals surface area contributed by atoms with Crippen molar-refractivity contribution in [3.8, 4) is 28.4 Å². The molecule has 2 aliphatic rings. The van der Waals surface area contributed by atoms with Crippen LogP contribution in [-0.2, 0) is 17.8 Å². The first-order chi connectivity index (χ1) is 20.0. The van der Waals surface area contributed by atoms with Crippen LogP contribution in [0.4, 0.5) is 0 Å². The molecule has 1 amide bonds. The number of nitrogens with one attached hydrogen (secondary N) is 2. The number of benzene rings is 3. The van der Waals surface area contributed by atoms with E-state index in [1.165, 1.54) is 27.8 Å². The van der Waals surface area contributed by atoms with E-state index in [1.54, 1.807) is 0 Å². The lowest BCUT2D eigenvalue weighted by Crippen LogP contribution is -2.35. The van der Waals surface area contributed by atoms with Crippen molar-refractivity contribution in [1.82, 2.24) is 10.6 Å². The highest BCUT2D eigenvalue weighted by atomic mass is 35.5. The zero-order chi connectivity index (χ0) is 28.8. The van der Waals surface area contributed by atoms with Crippen molar-refractivity contribution in [2.75, 3.05) is 19.8 Å². The van der Waals surface area contributed by atoms with Crippen LogP contribution in [0.3, 0.4) is 0 Å². The Bertz CT molecular complexity index is 1380. The fraction of sp³-hybridized carbons (Fsp3) is 0.441. The number of carbonyl (C=O) groups excluding carboxylic acids is 1. The van der Waals surface area contributed by atoms with Gasteiger partial charge >= 0.3 is 0 Å². The minimum Gasteiger partial charge on any atom is -0.493 e. The van der Waals surface area contributed by atoms with E-state index in [0.29, 0.717) is 36.9 Å². The number of amides is 1. The summed E-state index contributed by atoms with van der Waals surface area (Å²) in [6.45, 7) is 8.88. The van der Waals surface area contributed by atoms with Crippen molar-refractivity contribution in [3.05, 3.63) is 75.8 Å². The lowest BCUT2D eigenvalue weighted by molar-refractivity contribution is -0.119. The maximum atomic E-state index is 11.5. The summed E-state index contributed by atoms with van der Waals surface area (Å²) in [5.74, 6) is 2.47. The Balaban J connectivity index is 1.33. The van der Waals surface area contributed by atoms with Crippen LogP contribution in [0.2, 0.25) is 5.02 Å². The number of unbranched alkanes of at least 4 members (excludes halogenated alkanes) is 1. The zero-order valence-corrected chi connectivity index (χ0v) is 25.1. The maximum Gasteiger partial charge on any atom is 0.220 e. The van der Waals surface area contributed by atoms with Gasteiger partial charge in [-0.2, -0.15) is 0 Å². The highest BCUT2D eigenvalue weighted by Gasteiger charge is 2.28. The summed E-state index contributed by atoms with van der Waals surface area (Å²) in [7, 11) is 0. The molecule has 1 saturated heterocycles. The highest BCUT2D eigenvalue weighted by molar-refractivity contribution is 6.32. The van der Waals surface area contributed by atoms with Gasteiger partial charge in [0.25, 0.3) is 0 Å². The topological polar surface area (TPSA) is 68.8 Å². The van der Waals surface area contributed by atoms with Gasteiger partial charge < -0.3 is 24.8 Å². The monoisotopic (exact) mass is 576 g/mol. The van der Waals surface area contributed by atoms with Gasteiger partial charge in [0.2, 0.25) is 5.91 Å². The Hall–Kier alpha value is -3.22. The van der Waals surface area contributed by atoms with E-state index in [1.807, 2.05) is 19.1 Å². The quantitative estimate of drug-likeness (QED) is 0.209. The van der Waals surface area contributed by atoms with Gasteiger partial charge in [0.05, 0.1) is 18.2 Å². The van der Waals surface area contributed by atoms with E-state index in [2.05, 4.69) is 60.9 Å². The van der Waals surface area contributed by atoms with Crippen LogP contribution < -0.4 is 24.8 Å². The Morgan fingerprint density at radius 1 is 0.976 bits per heavy atom. The van der Waals surface area contributed by atoms with E-state index >= 15 is 0 Å². The van der Waals surface area contributed by atoms with Crippen molar-refractivity contribution >= 4 is 17.5 Å². The van der Waals surface area contributed by atoms with Gasteiger partial charge in [0, 0.05) is 37.2 Å². The van der Waals surface area contributed by atoms with Gasteiger partial charge in [-0.1, -0.05) is 55.3 Å². The summed E-state index contributed by atoms with van der Waals surface area (Å²) in [5.41, 5.74) is 7.13. The molecule has 0 aromatic heterocycles. The second-order valence-corrected chi connectivity index (χ2v) is 11.3. The molecule has 5 rings (SSSR count). The van der Waals surface area contributed by atoms with Gasteiger partial charge in [0.15, 0.2) is 0 Å². The third-order valence-corrected chi connectivity index (χ3v) is 8.32. The molecule has 3 aromatic rings. The van der Waals surface area contributed by atoms with Crippen molar-refractivity contribution in [3.63, 3.8) is 0 Å². The first kappa shape index (κ1) is 29.3. The summed E-state index contributed by atoms with van der Waals surface area (Å²) in [6.07, 6.45) is 5.36. The Kier molecular flexibility index (Phi) is 9.73. The largest absolute Gasteiger partial charge is 0.493 e. The summed E-state index contributed by atoms with van der Waals surface area (Å²) in [4.78, 5) is 11.5. The van der Waals surface area contributed by atoms with Gasteiger partial charge in [0.1, 0.15) is 23.4 Å². The molecule has 218 valence electrons. The molecule has 41 heavy (non-hydrogen) atoms. The summed E-state index contributed by atoms with van der Waals surface area (Å²) in [5, 5.41) is 7.00. The molecule has 1 fully saturated rings. The van der Waals surface area contributed by atoms with E-state index in [0.717, 1.165) is 55.8 Å². The predicted octanol–water partition coefficient (Wildman–Crippen LogP) is 7.33. The number of halogens is 1. The van der Waals surface area contributed by atoms with E-state index < -0.39 is 0 Å². The smallest absolute Gasteiger partial charge is 0.220 e. The number of hydrogen-bond donors (Lipinski definition) is 2. The number of rotatable bonds is 13. The molecule has 1 heterocycles. The predicted molar refractivity (Wildman–Crippen MR) is 164 cm³/mol. The average Bonchev–Trinajstić information content (AvgIpc) is 3.58. The van der Waals surface area contributed by atoms with Crippen molar-refractivity contribution in [1.29, 1.82) is 0 Å². The van der Waals surface area contributed by atoms with Crippen LogP contribution in [0.1, 0.15) is 74.3 Å². The van der Waals surface area contributed by atoms with Crippen molar-refractivity contribution in [2.24, 2.45) is 0 Å². The van der Waals surface area contributed by atoms with Crippen molar-refractivity contribution in [2.45, 2.75) is 78.0 Å². The average molecular weight is 577 g/mol. The van der Waals surface area contributed by atoms with E-state index in [9.17, 15) is 4.79 Å². The lowest BCUT2D eigenvalue weighted by Gasteiger charge is -2.20. The molecular weight excluding hydrogens is 536 g/mol. The number of fused-ring (bicyclic) bond motifs is 1. The van der Waals surface area contributed by atoms with E-state index in [4.69, 9.17) is 25.8 Å². The van der Waals surface area contributed by atoms with Gasteiger partial charge in [-0.25, -0.2) is 0 Å². The first-order valence-electron chi connectivity index (χ1n) is 14.9. The minimum atomic E-state index is -0.0869. The molecule has 0 spiro atoms. The van der Waals surface area contributed by atoms with Crippen LogP contribution in [-0.4, -0.2) is 31.7 Å².